The summed E-state index contributed by atoms with van der Waals surface area (Å²) >= 11 is 0. The molecule has 0 aromatic carbocycles. The van der Waals surface area contributed by atoms with Crippen molar-refractivity contribution in [3.05, 3.63) is 59.9 Å². The molecule has 0 bridgehead atoms. The van der Waals surface area contributed by atoms with E-state index in [2.05, 4.69) is 28.4 Å². The molecule has 2 aromatic rings. The third-order valence-corrected chi connectivity index (χ3v) is 2.83. The molecule has 2 aromatic heterocycles. The van der Waals surface area contributed by atoms with Gasteiger partial charge in [0.05, 0.1) is 11.3 Å². The molecule has 2 heterocycles. The smallest absolute Gasteiger partial charge is 0.135 e. The Morgan fingerprint density at radius 1 is 1.30 bits per heavy atom. The second-order valence-electron chi connectivity index (χ2n) is 4.21. The lowest BCUT2D eigenvalue weighted by molar-refractivity contribution is 1.20. The van der Waals surface area contributed by atoms with E-state index in [1.807, 2.05) is 19.1 Å². The van der Waals surface area contributed by atoms with Gasteiger partial charge in [-0.1, -0.05) is 19.2 Å². The fourth-order valence-electron chi connectivity index (χ4n) is 1.76. The summed E-state index contributed by atoms with van der Waals surface area (Å²) in [6.07, 6.45) is 4.96. The van der Waals surface area contributed by atoms with E-state index in [0.717, 1.165) is 16.8 Å². The van der Waals surface area contributed by atoms with Crippen molar-refractivity contribution < 1.29 is 0 Å². The van der Waals surface area contributed by atoms with Crippen LogP contribution in [0.2, 0.25) is 0 Å². The van der Waals surface area contributed by atoms with E-state index in [1.54, 1.807) is 24.3 Å². The van der Waals surface area contributed by atoms with Gasteiger partial charge in [0.2, 0.25) is 0 Å². The molecule has 0 saturated heterocycles. The molecule has 4 nitrogen and oxygen atoms in total. The zero-order chi connectivity index (χ0) is 14.5. The van der Waals surface area contributed by atoms with Crippen LogP contribution in [0.25, 0.3) is 12.2 Å². The molecule has 0 radical (unpaired) electrons. The molecular weight excluding hydrogens is 248 g/mol. The Labute approximate surface area is 118 Å². The number of hydrogen-bond donors (Lipinski definition) is 1. The summed E-state index contributed by atoms with van der Waals surface area (Å²) in [6, 6.07) is 7.47. The van der Waals surface area contributed by atoms with E-state index in [4.69, 9.17) is 5.26 Å². The van der Waals surface area contributed by atoms with Gasteiger partial charge < -0.3 is 5.32 Å². The molecule has 0 amide bonds. The zero-order valence-electron chi connectivity index (χ0n) is 11.2. The number of anilines is 2. The van der Waals surface area contributed by atoms with Gasteiger partial charge >= 0.3 is 0 Å². The Bertz CT molecular complexity index is 694. The predicted molar refractivity (Wildman–Crippen MR) is 81.4 cm³/mol. The molecule has 98 valence electrons. The van der Waals surface area contributed by atoms with E-state index in [-0.39, 0.29) is 0 Å². The molecule has 4 heteroatoms. The van der Waals surface area contributed by atoms with Gasteiger partial charge in [-0.3, -0.25) is 0 Å². The Balaban J connectivity index is 2.35. The van der Waals surface area contributed by atoms with Gasteiger partial charge in [0, 0.05) is 6.20 Å². The molecule has 0 atom stereocenters. The van der Waals surface area contributed by atoms with Crippen molar-refractivity contribution in [3.8, 4) is 6.07 Å². The summed E-state index contributed by atoms with van der Waals surface area (Å²) in [4.78, 5) is 8.66. The van der Waals surface area contributed by atoms with Gasteiger partial charge in [0.25, 0.3) is 0 Å². The largest absolute Gasteiger partial charge is 0.325 e. The van der Waals surface area contributed by atoms with Crippen LogP contribution < -0.4 is 5.32 Å². The summed E-state index contributed by atoms with van der Waals surface area (Å²) in [5.74, 6) is 1.35. The maximum absolute atomic E-state index is 8.75. The number of nitrogens with zero attached hydrogens (tertiary/aromatic N) is 3. The molecular formula is C16H14N4. The third kappa shape index (κ3) is 2.73. The SMILES string of the molecule is C=Cc1cc(C)c(Nc2ccc(C#N)cn2)nc1C=C. The lowest BCUT2D eigenvalue weighted by Gasteiger charge is -2.11. The number of rotatable bonds is 4. The quantitative estimate of drug-likeness (QED) is 0.912. The van der Waals surface area contributed by atoms with Crippen molar-refractivity contribution in [3.63, 3.8) is 0 Å². The average molecular weight is 262 g/mol. The Kier molecular flexibility index (Phi) is 3.92. The minimum Gasteiger partial charge on any atom is -0.325 e. The lowest BCUT2D eigenvalue weighted by Crippen LogP contribution is -2.01. The average Bonchev–Trinajstić information content (AvgIpc) is 2.49. The summed E-state index contributed by atoms with van der Waals surface area (Å²) in [5.41, 5.74) is 3.21. The number of nitriles is 1. The third-order valence-electron chi connectivity index (χ3n) is 2.83. The molecule has 0 fully saturated rings. The Hall–Kier alpha value is -2.93. The highest BCUT2D eigenvalue weighted by Crippen LogP contribution is 2.21. The van der Waals surface area contributed by atoms with Crippen LogP contribution in [0.3, 0.4) is 0 Å². The predicted octanol–water partition coefficient (Wildman–Crippen LogP) is 3.69. The number of aryl methyl sites for hydroxylation is 1. The lowest BCUT2D eigenvalue weighted by atomic mass is 10.1. The maximum atomic E-state index is 8.75. The summed E-state index contributed by atoms with van der Waals surface area (Å²) in [7, 11) is 0. The van der Waals surface area contributed by atoms with Crippen LogP contribution in [0, 0.1) is 18.3 Å². The van der Waals surface area contributed by atoms with Crippen molar-refractivity contribution in [2.45, 2.75) is 6.92 Å². The van der Waals surface area contributed by atoms with Gasteiger partial charge in [-0.2, -0.15) is 5.26 Å². The molecule has 1 N–H and O–H groups in total. The minimum absolute atomic E-state index is 0.522. The summed E-state index contributed by atoms with van der Waals surface area (Å²) in [6.45, 7) is 9.47. The van der Waals surface area contributed by atoms with Crippen molar-refractivity contribution in [1.82, 2.24) is 9.97 Å². The second kappa shape index (κ2) is 5.81. The van der Waals surface area contributed by atoms with Crippen LogP contribution in [0.4, 0.5) is 11.6 Å². The highest BCUT2D eigenvalue weighted by Gasteiger charge is 2.06. The highest BCUT2D eigenvalue weighted by molar-refractivity contribution is 5.67. The second-order valence-corrected chi connectivity index (χ2v) is 4.21. The fourth-order valence-corrected chi connectivity index (χ4v) is 1.76. The van der Waals surface area contributed by atoms with Crippen molar-refractivity contribution >= 4 is 23.8 Å². The first-order chi connectivity index (χ1) is 9.67. The Morgan fingerprint density at radius 3 is 2.65 bits per heavy atom. The molecule has 0 aliphatic heterocycles. The first-order valence-corrected chi connectivity index (χ1v) is 6.07. The maximum Gasteiger partial charge on any atom is 0.135 e. The standard InChI is InChI=1S/C16H14N4/c1-4-13-8-11(3)16(19-14(13)5-2)20-15-7-6-12(9-17)10-18-15/h4-8,10H,1-2H2,3H3,(H,18,19,20). The van der Waals surface area contributed by atoms with Gasteiger partial charge in [-0.25, -0.2) is 9.97 Å². The van der Waals surface area contributed by atoms with Crippen LogP contribution in [0.5, 0.6) is 0 Å². The van der Waals surface area contributed by atoms with Crippen molar-refractivity contribution in [2.75, 3.05) is 5.32 Å². The van der Waals surface area contributed by atoms with Crippen molar-refractivity contribution in [1.29, 1.82) is 5.26 Å². The number of aromatic nitrogens is 2. The van der Waals surface area contributed by atoms with Crippen LogP contribution in [-0.2, 0) is 0 Å². The van der Waals surface area contributed by atoms with Crippen LogP contribution in [0.1, 0.15) is 22.4 Å². The number of nitrogens with one attached hydrogen (secondary N) is 1. The molecule has 0 aliphatic rings. The fraction of sp³-hybridized carbons (Fsp3) is 0.0625. The van der Waals surface area contributed by atoms with Crippen LogP contribution in [0.15, 0.2) is 37.6 Å². The molecule has 0 aliphatic carbocycles. The van der Waals surface area contributed by atoms with Gasteiger partial charge in [-0.15, -0.1) is 0 Å². The zero-order valence-corrected chi connectivity index (χ0v) is 11.2. The highest BCUT2D eigenvalue weighted by atomic mass is 15.1. The summed E-state index contributed by atoms with van der Waals surface area (Å²) < 4.78 is 0. The minimum atomic E-state index is 0.522. The van der Waals surface area contributed by atoms with Crippen LogP contribution in [-0.4, -0.2) is 9.97 Å². The molecule has 0 spiro atoms. The van der Waals surface area contributed by atoms with Gasteiger partial charge in [0.1, 0.15) is 17.7 Å². The monoisotopic (exact) mass is 262 g/mol. The normalized spacial score (nSPS) is 9.60. The topological polar surface area (TPSA) is 61.6 Å². The first-order valence-electron chi connectivity index (χ1n) is 6.07. The van der Waals surface area contributed by atoms with E-state index >= 15 is 0 Å². The molecule has 2 rings (SSSR count). The summed E-state index contributed by atoms with van der Waals surface area (Å²) in [5, 5.41) is 11.9. The van der Waals surface area contributed by atoms with E-state index in [1.165, 1.54) is 6.20 Å². The molecule has 20 heavy (non-hydrogen) atoms. The van der Waals surface area contributed by atoms with Gasteiger partial charge in [0.15, 0.2) is 0 Å². The van der Waals surface area contributed by atoms with E-state index < -0.39 is 0 Å². The van der Waals surface area contributed by atoms with E-state index in [9.17, 15) is 0 Å². The van der Waals surface area contributed by atoms with Crippen molar-refractivity contribution in [2.24, 2.45) is 0 Å². The molecule has 0 saturated carbocycles. The first kappa shape index (κ1) is 13.5. The number of pyridine rings is 2. The van der Waals surface area contributed by atoms with Gasteiger partial charge in [-0.05, 0) is 42.3 Å². The molecule has 0 unspecified atom stereocenters. The van der Waals surface area contributed by atoms with E-state index in [0.29, 0.717) is 17.2 Å². The number of hydrogen-bond acceptors (Lipinski definition) is 4. The Morgan fingerprint density at radius 2 is 2.10 bits per heavy atom. The van der Waals surface area contributed by atoms with Crippen LogP contribution >= 0.6 is 0 Å².